The van der Waals surface area contributed by atoms with Crippen molar-refractivity contribution in [2.24, 2.45) is 0 Å². The molecule has 1 radical (unpaired) electrons. The molecule has 1 unspecified atom stereocenters. The highest BCUT2D eigenvalue weighted by Crippen LogP contribution is 2.25. The van der Waals surface area contributed by atoms with E-state index in [2.05, 4.69) is 12.0 Å². The summed E-state index contributed by atoms with van der Waals surface area (Å²) in [4.78, 5) is 0. The van der Waals surface area contributed by atoms with Gasteiger partial charge >= 0.3 is 0 Å². The summed E-state index contributed by atoms with van der Waals surface area (Å²) in [5, 5.41) is 0.414. The maximum atomic E-state index is 13.7. The van der Waals surface area contributed by atoms with Crippen molar-refractivity contribution >= 4 is 11.6 Å². The Bertz CT molecular complexity index is 575. The van der Waals surface area contributed by atoms with Crippen LogP contribution in [0.3, 0.4) is 0 Å². The Balaban J connectivity index is 2.29. The van der Waals surface area contributed by atoms with E-state index in [1.165, 1.54) is 18.2 Å². The number of hydrogen-bond donors (Lipinski definition) is 0. The third-order valence-corrected chi connectivity index (χ3v) is 2.57. The summed E-state index contributed by atoms with van der Waals surface area (Å²) in [6.07, 6.45) is 4.57. The zero-order valence-electron chi connectivity index (χ0n) is 9.36. The minimum absolute atomic E-state index is 0.248. The standard InChI is InChI=1S/C15H9ClFO/c1-2-15(18-12-6-4-3-5-7-12)13-10-11(16)8-9-14(13)17/h1,4-10,15H. The van der Waals surface area contributed by atoms with Crippen molar-refractivity contribution in [3.8, 4) is 18.1 Å². The molecule has 0 amide bonds. The summed E-state index contributed by atoms with van der Waals surface area (Å²) in [6, 6.07) is 13.8. The van der Waals surface area contributed by atoms with Gasteiger partial charge in [0.25, 0.3) is 0 Å². The third kappa shape index (κ3) is 2.82. The van der Waals surface area contributed by atoms with Gasteiger partial charge < -0.3 is 4.74 Å². The predicted octanol–water partition coefficient (Wildman–Crippen LogP) is 4.03. The van der Waals surface area contributed by atoms with E-state index in [9.17, 15) is 4.39 Å². The molecular weight excluding hydrogens is 251 g/mol. The fraction of sp³-hybridized carbons (Fsp3) is 0.0667. The minimum Gasteiger partial charge on any atom is -0.473 e. The van der Waals surface area contributed by atoms with Crippen molar-refractivity contribution in [3.05, 3.63) is 64.9 Å². The Morgan fingerprint density at radius 2 is 2.00 bits per heavy atom. The first kappa shape index (κ1) is 12.5. The Hall–Kier alpha value is -1.98. The molecule has 18 heavy (non-hydrogen) atoms. The molecule has 0 spiro atoms. The number of halogens is 2. The molecule has 0 aliphatic heterocycles. The van der Waals surface area contributed by atoms with E-state index in [-0.39, 0.29) is 5.56 Å². The van der Waals surface area contributed by atoms with Crippen LogP contribution >= 0.6 is 11.6 Å². The SMILES string of the molecule is C#CC(Oc1cc[c]cc1)c1cc(Cl)ccc1F. The van der Waals surface area contributed by atoms with Crippen LogP contribution in [0.5, 0.6) is 5.75 Å². The van der Waals surface area contributed by atoms with Crippen LogP contribution in [0.1, 0.15) is 11.7 Å². The molecule has 1 atom stereocenters. The number of ether oxygens (including phenoxy) is 1. The molecular formula is C15H9ClFO. The molecule has 0 fully saturated rings. The molecule has 0 N–H and O–H groups in total. The lowest BCUT2D eigenvalue weighted by atomic mass is 10.1. The summed E-state index contributed by atoms with van der Waals surface area (Å²) in [5.74, 6) is 2.52. The highest BCUT2D eigenvalue weighted by molar-refractivity contribution is 6.30. The summed E-state index contributed by atoms with van der Waals surface area (Å²) in [6.45, 7) is 0. The van der Waals surface area contributed by atoms with Crippen LogP contribution < -0.4 is 4.74 Å². The lowest BCUT2D eigenvalue weighted by Crippen LogP contribution is -2.07. The van der Waals surface area contributed by atoms with E-state index < -0.39 is 11.9 Å². The second-order valence-electron chi connectivity index (χ2n) is 3.57. The van der Waals surface area contributed by atoms with Gasteiger partial charge in [-0.2, -0.15) is 0 Å². The van der Waals surface area contributed by atoms with E-state index in [1.54, 1.807) is 24.3 Å². The van der Waals surface area contributed by atoms with Gasteiger partial charge in [-0.3, -0.25) is 0 Å². The highest BCUT2D eigenvalue weighted by atomic mass is 35.5. The van der Waals surface area contributed by atoms with Gasteiger partial charge in [0, 0.05) is 10.6 Å². The smallest absolute Gasteiger partial charge is 0.186 e. The van der Waals surface area contributed by atoms with Gasteiger partial charge in [-0.25, -0.2) is 4.39 Å². The first-order chi connectivity index (χ1) is 8.70. The summed E-state index contributed by atoms with van der Waals surface area (Å²) < 4.78 is 19.2. The number of terminal acetylenes is 1. The summed E-state index contributed by atoms with van der Waals surface area (Å²) in [5.41, 5.74) is 0.248. The number of hydrogen-bond acceptors (Lipinski definition) is 1. The number of benzene rings is 2. The molecule has 0 aliphatic carbocycles. The fourth-order valence-electron chi connectivity index (χ4n) is 1.49. The molecule has 3 heteroatoms. The van der Waals surface area contributed by atoms with Crippen molar-refractivity contribution in [2.45, 2.75) is 6.10 Å². The molecule has 0 heterocycles. The summed E-state index contributed by atoms with van der Waals surface area (Å²) in [7, 11) is 0. The van der Waals surface area contributed by atoms with Crippen LogP contribution in [0.15, 0.2) is 42.5 Å². The van der Waals surface area contributed by atoms with Crippen LogP contribution in [0.4, 0.5) is 4.39 Å². The van der Waals surface area contributed by atoms with E-state index in [0.29, 0.717) is 10.8 Å². The molecule has 0 bridgehead atoms. The van der Waals surface area contributed by atoms with Crippen LogP contribution in [-0.2, 0) is 0 Å². The van der Waals surface area contributed by atoms with Gasteiger partial charge in [-0.05, 0) is 36.4 Å². The lowest BCUT2D eigenvalue weighted by Gasteiger charge is -2.15. The van der Waals surface area contributed by atoms with Gasteiger partial charge in [0.1, 0.15) is 11.6 Å². The molecule has 0 aromatic heterocycles. The van der Waals surface area contributed by atoms with E-state index >= 15 is 0 Å². The van der Waals surface area contributed by atoms with Crippen LogP contribution in [0, 0.1) is 24.2 Å². The van der Waals surface area contributed by atoms with Gasteiger partial charge in [0.15, 0.2) is 6.10 Å². The number of rotatable bonds is 3. The van der Waals surface area contributed by atoms with Crippen molar-refractivity contribution in [1.82, 2.24) is 0 Å². The Morgan fingerprint density at radius 1 is 1.28 bits per heavy atom. The average Bonchev–Trinajstić information content (AvgIpc) is 2.40. The normalized spacial score (nSPS) is 11.6. The Labute approximate surface area is 110 Å². The monoisotopic (exact) mass is 259 g/mol. The van der Waals surface area contributed by atoms with Gasteiger partial charge in [-0.15, -0.1) is 6.42 Å². The largest absolute Gasteiger partial charge is 0.473 e. The Kier molecular flexibility index (Phi) is 3.86. The molecule has 2 rings (SSSR count). The maximum Gasteiger partial charge on any atom is 0.186 e. The first-order valence-corrected chi connectivity index (χ1v) is 5.62. The van der Waals surface area contributed by atoms with E-state index in [0.717, 1.165) is 0 Å². The summed E-state index contributed by atoms with van der Waals surface area (Å²) >= 11 is 5.83. The molecule has 1 nitrogen and oxygen atoms in total. The van der Waals surface area contributed by atoms with E-state index in [4.69, 9.17) is 22.8 Å². The molecule has 0 aliphatic rings. The highest BCUT2D eigenvalue weighted by Gasteiger charge is 2.15. The lowest BCUT2D eigenvalue weighted by molar-refractivity contribution is 0.259. The van der Waals surface area contributed by atoms with Gasteiger partial charge in [0.05, 0.1) is 0 Å². The molecule has 2 aromatic carbocycles. The topological polar surface area (TPSA) is 9.23 Å². The van der Waals surface area contributed by atoms with Crippen molar-refractivity contribution < 1.29 is 9.13 Å². The molecule has 89 valence electrons. The zero-order chi connectivity index (χ0) is 13.0. The second-order valence-corrected chi connectivity index (χ2v) is 4.00. The van der Waals surface area contributed by atoms with Gasteiger partial charge in [0.2, 0.25) is 0 Å². The van der Waals surface area contributed by atoms with Crippen LogP contribution in [0.2, 0.25) is 5.02 Å². The predicted molar refractivity (Wildman–Crippen MR) is 68.9 cm³/mol. The van der Waals surface area contributed by atoms with Crippen molar-refractivity contribution in [2.75, 3.05) is 0 Å². The van der Waals surface area contributed by atoms with Gasteiger partial charge in [-0.1, -0.05) is 29.7 Å². The third-order valence-electron chi connectivity index (χ3n) is 2.33. The maximum absolute atomic E-state index is 13.7. The fourth-order valence-corrected chi connectivity index (χ4v) is 1.67. The molecule has 0 saturated carbocycles. The minimum atomic E-state index is -0.814. The quantitative estimate of drug-likeness (QED) is 0.756. The second kappa shape index (κ2) is 5.57. The zero-order valence-corrected chi connectivity index (χ0v) is 10.1. The first-order valence-electron chi connectivity index (χ1n) is 5.24. The Morgan fingerprint density at radius 3 is 2.67 bits per heavy atom. The molecule has 2 aromatic rings. The van der Waals surface area contributed by atoms with Crippen LogP contribution in [-0.4, -0.2) is 0 Å². The average molecular weight is 260 g/mol. The van der Waals surface area contributed by atoms with E-state index in [1.807, 2.05) is 0 Å². The van der Waals surface area contributed by atoms with Crippen molar-refractivity contribution in [3.63, 3.8) is 0 Å². The van der Waals surface area contributed by atoms with Crippen LogP contribution in [0.25, 0.3) is 0 Å². The van der Waals surface area contributed by atoms with Crippen molar-refractivity contribution in [1.29, 1.82) is 0 Å². The molecule has 0 saturated heterocycles.